The van der Waals surface area contributed by atoms with Crippen LogP contribution in [0.25, 0.3) is 6.08 Å². The van der Waals surface area contributed by atoms with Crippen LogP contribution < -0.4 is 9.47 Å². The summed E-state index contributed by atoms with van der Waals surface area (Å²) in [6.07, 6.45) is 1.76. The van der Waals surface area contributed by atoms with Gasteiger partial charge >= 0.3 is 5.97 Å². The molecule has 40 heavy (non-hydrogen) atoms. The van der Waals surface area contributed by atoms with Gasteiger partial charge < -0.3 is 14.2 Å². The topological polar surface area (TPSA) is 121 Å². The monoisotopic (exact) mass is 673 g/mol. The molecule has 0 atom stereocenters. The van der Waals surface area contributed by atoms with Crippen molar-refractivity contribution in [1.82, 2.24) is 4.90 Å². The van der Waals surface area contributed by atoms with Gasteiger partial charge in [-0.25, -0.2) is 9.79 Å². The number of nitrogens with zero attached hydrogens (tertiary/aromatic N) is 3. The Balaban J connectivity index is 1.51. The highest BCUT2D eigenvalue weighted by molar-refractivity contribution is 14.1. The lowest BCUT2D eigenvalue weighted by Crippen LogP contribution is -2.23. The summed E-state index contributed by atoms with van der Waals surface area (Å²) in [6, 6.07) is 16.5. The molecule has 1 saturated heterocycles. The molecular formula is C28H24IN3O7S. The number of hydrogen-bond donors (Lipinski definition) is 0. The minimum absolute atomic E-state index is 0.0124. The second-order valence-corrected chi connectivity index (χ2v) is 10.6. The maximum atomic E-state index is 13.0. The van der Waals surface area contributed by atoms with E-state index in [1.165, 1.54) is 35.9 Å². The number of rotatable bonds is 9. The Labute approximate surface area is 248 Å². The minimum atomic E-state index is -0.450. The van der Waals surface area contributed by atoms with Crippen molar-refractivity contribution in [2.45, 2.75) is 13.5 Å². The van der Waals surface area contributed by atoms with Gasteiger partial charge in [0.05, 0.1) is 38.4 Å². The van der Waals surface area contributed by atoms with Gasteiger partial charge in [0.1, 0.15) is 6.61 Å². The number of thioether (sulfide) groups is 1. The van der Waals surface area contributed by atoms with Crippen LogP contribution in [0.5, 0.6) is 11.5 Å². The molecular weight excluding hydrogens is 649 g/mol. The molecule has 0 aliphatic carbocycles. The van der Waals surface area contributed by atoms with Crippen LogP contribution in [0.15, 0.2) is 70.6 Å². The highest BCUT2D eigenvalue weighted by Crippen LogP contribution is 2.38. The van der Waals surface area contributed by atoms with Crippen LogP contribution in [0.4, 0.5) is 11.4 Å². The summed E-state index contributed by atoms with van der Waals surface area (Å²) >= 11 is 3.38. The van der Waals surface area contributed by atoms with Crippen molar-refractivity contribution < 1.29 is 28.7 Å². The highest BCUT2D eigenvalue weighted by atomic mass is 127. The van der Waals surface area contributed by atoms with E-state index in [1.54, 1.807) is 62.5 Å². The van der Waals surface area contributed by atoms with E-state index >= 15 is 0 Å². The van der Waals surface area contributed by atoms with Crippen molar-refractivity contribution in [2.75, 3.05) is 20.8 Å². The first-order valence-corrected chi connectivity index (χ1v) is 13.9. The standard InChI is InChI=1S/C28H24IN3O7S/c1-4-38-27(34)19-7-9-20(10-8-19)30-28-31(2)26(33)24(40-28)15-18-13-22(29)25(23(14-18)37-3)39-16-17-5-11-21(12-6-17)32(35)36/h5-15H,4,16H2,1-3H3. The van der Waals surface area contributed by atoms with Crippen molar-refractivity contribution in [3.63, 3.8) is 0 Å². The van der Waals surface area contributed by atoms with Gasteiger partial charge in [0.2, 0.25) is 0 Å². The quantitative estimate of drug-likeness (QED) is 0.0867. The summed E-state index contributed by atoms with van der Waals surface area (Å²) in [6.45, 7) is 2.24. The maximum absolute atomic E-state index is 13.0. The fourth-order valence-electron chi connectivity index (χ4n) is 3.63. The number of carbonyl (C=O) groups is 2. The van der Waals surface area contributed by atoms with Gasteiger partial charge in [-0.3, -0.25) is 19.8 Å². The molecule has 0 radical (unpaired) electrons. The molecule has 0 N–H and O–H groups in total. The predicted octanol–water partition coefficient (Wildman–Crippen LogP) is 6.20. The van der Waals surface area contributed by atoms with Crippen LogP contribution in [0.2, 0.25) is 0 Å². The molecule has 0 bridgehead atoms. The number of likely N-dealkylation sites (N-methyl/N-ethyl adjacent to an activating group) is 1. The zero-order valence-electron chi connectivity index (χ0n) is 21.8. The number of benzene rings is 3. The average molecular weight is 673 g/mol. The number of hydrogen-bond acceptors (Lipinski definition) is 9. The molecule has 1 aliphatic heterocycles. The van der Waals surface area contributed by atoms with Crippen molar-refractivity contribution in [3.05, 3.63) is 95.9 Å². The number of nitro benzene ring substituents is 1. The molecule has 3 aromatic rings. The Morgan fingerprint density at radius 2 is 1.85 bits per heavy atom. The van der Waals surface area contributed by atoms with Crippen LogP contribution in [-0.2, 0) is 16.1 Å². The fourth-order valence-corrected chi connectivity index (χ4v) is 5.40. The van der Waals surface area contributed by atoms with E-state index in [-0.39, 0.29) is 18.2 Å². The van der Waals surface area contributed by atoms with Gasteiger partial charge in [-0.15, -0.1) is 0 Å². The Morgan fingerprint density at radius 1 is 1.15 bits per heavy atom. The molecule has 0 unspecified atom stereocenters. The van der Waals surface area contributed by atoms with E-state index in [1.807, 2.05) is 6.07 Å². The van der Waals surface area contributed by atoms with Crippen molar-refractivity contribution in [1.29, 1.82) is 0 Å². The average Bonchev–Trinajstić information content (AvgIpc) is 3.20. The summed E-state index contributed by atoms with van der Waals surface area (Å²) < 4.78 is 17.3. The van der Waals surface area contributed by atoms with E-state index in [9.17, 15) is 19.7 Å². The van der Waals surface area contributed by atoms with E-state index in [0.717, 1.165) is 14.7 Å². The van der Waals surface area contributed by atoms with Gasteiger partial charge in [0, 0.05) is 19.2 Å². The Morgan fingerprint density at radius 3 is 2.48 bits per heavy atom. The molecule has 10 nitrogen and oxygen atoms in total. The van der Waals surface area contributed by atoms with E-state index < -0.39 is 10.9 Å². The summed E-state index contributed by atoms with van der Waals surface area (Å²) in [4.78, 5) is 41.8. The van der Waals surface area contributed by atoms with Crippen LogP contribution >= 0.6 is 34.4 Å². The molecule has 1 amide bonds. The molecule has 1 fully saturated rings. The van der Waals surface area contributed by atoms with Gasteiger partial charge in [0.25, 0.3) is 11.6 Å². The largest absolute Gasteiger partial charge is 0.493 e. The summed E-state index contributed by atoms with van der Waals surface area (Å²) in [5.41, 5.74) is 2.56. The number of esters is 1. The number of non-ortho nitro benzene ring substituents is 1. The predicted molar refractivity (Wildman–Crippen MR) is 161 cm³/mol. The zero-order valence-corrected chi connectivity index (χ0v) is 24.7. The number of nitro groups is 1. The third-order valence-electron chi connectivity index (χ3n) is 5.69. The van der Waals surface area contributed by atoms with Crippen LogP contribution in [0, 0.1) is 13.7 Å². The number of carbonyl (C=O) groups excluding carboxylic acids is 2. The Bertz CT molecular complexity index is 1510. The van der Waals surface area contributed by atoms with Gasteiger partial charge in [-0.05, 0) is 107 Å². The second-order valence-electron chi connectivity index (χ2n) is 8.38. The first-order valence-electron chi connectivity index (χ1n) is 12.0. The normalized spacial score (nSPS) is 15.0. The Hall–Kier alpha value is -3.91. The molecule has 0 aromatic heterocycles. The van der Waals surface area contributed by atoms with E-state index in [0.29, 0.717) is 39.4 Å². The van der Waals surface area contributed by atoms with Crippen LogP contribution in [0.3, 0.4) is 0 Å². The lowest BCUT2D eigenvalue weighted by atomic mass is 10.1. The minimum Gasteiger partial charge on any atom is -0.493 e. The number of ether oxygens (including phenoxy) is 3. The highest BCUT2D eigenvalue weighted by Gasteiger charge is 2.30. The molecule has 0 spiro atoms. The fraction of sp³-hybridized carbons (Fsp3) is 0.179. The van der Waals surface area contributed by atoms with Crippen molar-refractivity contribution in [3.8, 4) is 11.5 Å². The number of halogens is 1. The van der Waals surface area contributed by atoms with E-state index in [4.69, 9.17) is 14.2 Å². The van der Waals surface area contributed by atoms with E-state index in [2.05, 4.69) is 27.6 Å². The summed E-state index contributed by atoms with van der Waals surface area (Å²) in [5, 5.41) is 11.4. The number of amidine groups is 1. The smallest absolute Gasteiger partial charge is 0.338 e. The molecule has 3 aromatic carbocycles. The lowest BCUT2D eigenvalue weighted by Gasteiger charge is -2.14. The molecule has 206 valence electrons. The van der Waals surface area contributed by atoms with Gasteiger partial charge in [-0.2, -0.15) is 0 Å². The summed E-state index contributed by atoms with van der Waals surface area (Å²) in [5.74, 6) is 0.418. The first kappa shape index (κ1) is 29.1. The number of aliphatic imine (C=N–C) groups is 1. The van der Waals surface area contributed by atoms with Gasteiger partial charge in [-0.1, -0.05) is 0 Å². The molecule has 1 aliphatic rings. The first-order chi connectivity index (χ1) is 19.2. The number of methoxy groups -OCH3 is 1. The third kappa shape index (κ3) is 6.80. The zero-order chi connectivity index (χ0) is 28.8. The van der Waals surface area contributed by atoms with Crippen molar-refractivity contribution >= 4 is 68.8 Å². The summed E-state index contributed by atoms with van der Waals surface area (Å²) in [7, 11) is 3.18. The SMILES string of the molecule is CCOC(=O)c1ccc(N=C2SC(=Cc3cc(I)c(OCc4ccc([N+](=O)[O-])cc4)c(OC)c3)C(=O)N2C)cc1. The molecule has 1 heterocycles. The Kier molecular flexibility index (Phi) is 9.42. The molecule has 4 rings (SSSR count). The maximum Gasteiger partial charge on any atom is 0.338 e. The second kappa shape index (κ2) is 13.0. The van der Waals surface area contributed by atoms with Crippen molar-refractivity contribution in [2.24, 2.45) is 4.99 Å². The molecule has 12 heteroatoms. The van der Waals surface area contributed by atoms with Crippen LogP contribution in [0.1, 0.15) is 28.4 Å². The third-order valence-corrected chi connectivity index (χ3v) is 7.55. The number of amides is 1. The molecule has 0 saturated carbocycles. The van der Waals surface area contributed by atoms with Gasteiger partial charge in [0.15, 0.2) is 16.7 Å². The van der Waals surface area contributed by atoms with Crippen LogP contribution in [-0.4, -0.2) is 47.6 Å². The lowest BCUT2D eigenvalue weighted by molar-refractivity contribution is -0.384.